The zero-order valence-corrected chi connectivity index (χ0v) is 12.0. The molecule has 0 radical (unpaired) electrons. The minimum Gasteiger partial charge on any atom is -0.497 e. The SMILES string of the molecule is COc1ccc2[nH]c(C)c(CC(=O)OC(CO)CO)c2c1. The smallest absolute Gasteiger partial charge is 0.310 e. The number of aliphatic hydroxyl groups excluding tert-OH is 2. The minimum absolute atomic E-state index is 0.0650. The van der Waals surface area contributed by atoms with E-state index in [1.165, 1.54) is 0 Å². The third kappa shape index (κ3) is 3.34. The van der Waals surface area contributed by atoms with Gasteiger partial charge in [-0.05, 0) is 30.7 Å². The summed E-state index contributed by atoms with van der Waals surface area (Å²) in [5.41, 5.74) is 2.61. The van der Waals surface area contributed by atoms with Gasteiger partial charge in [0.25, 0.3) is 0 Å². The molecular weight excluding hydrogens is 274 g/mol. The van der Waals surface area contributed by atoms with E-state index in [1.54, 1.807) is 7.11 Å². The zero-order chi connectivity index (χ0) is 15.4. The Hall–Kier alpha value is -2.05. The van der Waals surface area contributed by atoms with Crippen LogP contribution in [0.5, 0.6) is 5.75 Å². The summed E-state index contributed by atoms with van der Waals surface area (Å²) < 4.78 is 10.2. The number of H-pyrrole nitrogens is 1. The van der Waals surface area contributed by atoms with Crippen LogP contribution in [0.1, 0.15) is 11.3 Å². The number of benzene rings is 1. The number of aryl methyl sites for hydroxylation is 1. The van der Waals surface area contributed by atoms with E-state index in [-0.39, 0.29) is 6.42 Å². The summed E-state index contributed by atoms with van der Waals surface area (Å²) in [7, 11) is 1.59. The maximum absolute atomic E-state index is 11.9. The van der Waals surface area contributed by atoms with E-state index in [0.29, 0.717) is 5.75 Å². The van der Waals surface area contributed by atoms with E-state index < -0.39 is 25.3 Å². The van der Waals surface area contributed by atoms with Gasteiger partial charge in [-0.1, -0.05) is 0 Å². The molecule has 6 heteroatoms. The molecule has 0 aliphatic carbocycles. The summed E-state index contributed by atoms with van der Waals surface area (Å²) in [6.45, 7) is 1.08. The van der Waals surface area contributed by atoms with Gasteiger partial charge >= 0.3 is 5.97 Å². The number of hydrogen-bond donors (Lipinski definition) is 3. The summed E-state index contributed by atoms with van der Waals surface area (Å²) in [4.78, 5) is 15.1. The van der Waals surface area contributed by atoms with Crippen LogP contribution in [0, 0.1) is 6.92 Å². The van der Waals surface area contributed by atoms with E-state index in [1.807, 2.05) is 25.1 Å². The molecule has 0 amide bonds. The van der Waals surface area contributed by atoms with Crippen LogP contribution in [-0.2, 0) is 16.0 Å². The second-order valence-electron chi connectivity index (χ2n) is 4.79. The number of aromatic amines is 1. The molecule has 2 aromatic rings. The monoisotopic (exact) mass is 293 g/mol. The summed E-state index contributed by atoms with van der Waals surface area (Å²) in [6, 6.07) is 5.59. The van der Waals surface area contributed by atoms with Gasteiger partial charge in [0.2, 0.25) is 0 Å². The van der Waals surface area contributed by atoms with Gasteiger partial charge in [-0.3, -0.25) is 4.79 Å². The highest BCUT2D eigenvalue weighted by Gasteiger charge is 2.17. The van der Waals surface area contributed by atoms with Gasteiger partial charge in [-0.15, -0.1) is 0 Å². The number of carbonyl (C=O) groups is 1. The number of nitrogens with one attached hydrogen (secondary N) is 1. The number of esters is 1. The van der Waals surface area contributed by atoms with Crippen molar-refractivity contribution in [1.29, 1.82) is 0 Å². The second kappa shape index (κ2) is 6.60. The lowest BCUT2D eigenvalue weighted by molar-refractivity contribution is -0.152. The molecule has 0 atom stereocenters. The fraction of sp³-hybridized carbons (Fsp3) is 0.400. The first kappa shape index (κ1) is 15.3. The largest absolute Gasteiger partial charge is 0.497 e. The normalized spacial score (nSPS) is 11.1. The number of carbonyl (C=O) groups excluding carboxylic acids is 1. The molecule has 0 saturated carbocycles. The van der Waals surface area contributed by atoms with Crippen molar-refractivity contribution in [2.24, 2.45) is 0 Å². The molecule has 6 nitrogen and oxygen atoms in total. The molecule has 0 unspecified atom stereocenters. The quantitative estimate of drug-likeness (QED) is 0.689. The molecule has 0 spiro atoms. The summed E-state index contributed by atoms with van der Waals surface area (Å²) >= 11 is 0. The van der Waals surface area contributed by atoms with Crippen LogP contribution in [0.15, 0.2) is 18.2 Å². The van der Waals surface area contributed by atoms with Crippen molar-refractivity contribution in [2.45, 2.75) is 19.4 Å². The molecular formula is C15H19NO5. The Labute approximate surface area is 122 Å². The van der Waals surface area contributed by atoms with E-state index in [2.05, 4.69) is 4.98 Å². The van der Waals surface area contributed by atoms with Crippen LogP contribution in [0.3, 0.4) is 0 Å². The lowest BCUT2D eigenvalue weighted by Gasteiger charge is -2.12. The Kier molecular flexibility index (Phi) is 4.82. The van der Waals surface area contributed by atoms with Crippen molar-refractivity contribution < 1.29 is 24.5 Å². The lowest BCUT2D eigenvalue weighted by atomic mass is 10.1. The highest BCUT2D eigenvalue weighted by molar-refractivity contribution is 5.89. The Morgan fingerprint density at radius 3 is 2.67 bits per heavy atom. The Morgan fingerprint density at radius 1 is 1.33 bits per heavy atom. The molecule has 114 valence electrons. The molecule has 0 aliphatic rings. The first-order valence-electron chi connectivity index (χ1n) is 6.65. The number of aromatic nitrogens is 1. The van der Waals surface area contributed by atoms with Crippen molar-refractivity contribution in [3.05, 3.63) is 29.5 Å². The van der Waals surface area contributed by atoms with Gasteiger partial charge in [0.15, 0.2) is 0 Å². The van der Waals surface area contributed by atoms with Crippen LogP contribution < -0.4 is 4.74 Å². The molecule has 3 N–H and O–H groups in total. The van der Waals surface area contributed by atoms with Gasteiger partial charge in [-0.2, -0.15) is 0 Å². The van der Waals surface area contributed by atoms with Crippen molar-refractivity contribution >= 4 is 16.9 Å². The highest BCUT2D eigenvalue weighted by Crippen LogP contribution is 2.27. The molecule has 21 heavy (non-hydrogen) atoms. The number of aliphatic hydroxyl groups is 2. The predicted molar refractivity (Wildman–Crippen MR) is 77.3 cm³/mol. The number of rotatable bonds is 6. The van der Waals surface area contributed by atoms with E-state index in [0.717, 1.165) is 22.2 Å². The fourth-order valence-electron chi connectivity index (χ4n) is 2.22. The number of fused-ring (bicyclic) bond motifs is 1. The van der Waals surface area contributed by atoms with Crippen LogP contribution in [0.25, 0.3) is 10.9 Å². The number of ether oxygens (including phenoxy) is 2. The molecule has 0 fully saturated rings. The molecule has 0 bridgehead atoms. The van der Waals surface area contributed by atoms with Crippen LogP contribution >= 0.6 is 0 Å². The van der Waals surface area contributed by atoms with E-state index in [4.69, 9.17) is 19.7 Å². The van der Waals surface area contributed by atoms with Gasteiger partial charge in [-0.25, -0.2) is 0 Å². The highest BCUT2D eigenvalue weighted by atomic mass is 16.6. The van der Waals surface area contributed by atoms with Crippen LogP contribution in [0.4, 0.5) is 0 Å². The summed E-state index contributed by atoms with van der Waals surface area (Å²) in [5, 5.41) is 18.8. The topological polar surface area (TPSA) is 91.8 Å². The van der Waals surface area contributed by atoms with Crippen molar-refractivity contribution in [3.8, 4) is 5.75 Å². The molecule has 0 aliphatic heterocycles. The summed E-state index contributed by atoms with van der Waals surface area (Å²) in [6.07, 6.45) is -0.812. The first-order chi connectivity index (χ1) is 10.1. The number of hydrogen-bond acceptors (Lipinski definition) is 5. The van der Waals surface area contributed by atoms with Gasteiger partial charge in [0.1, 0.15) is 11.9 Å². The predicted octanol–water partition coefficient (Wildman–Crippen LogP) is 0.924. The maximum atomic E-state index is 11.9. The van der Waals surface area contributed by atoms with Gasteiger partial charge in [0, 0.05) is 16.6 Å². The molecule has 1 aromatic carbocycles. The average molecular weight is 293 g/mol. The van der Waals surface area contributed by atoms with E-state index in [9.17, 15) is 4.79 Å². The third-order valence-corrected chi connectivity index (χ3v) is 3.35. The zero-order valence-electron chi connectivity index (χ0n) is 12.0. The minimum atomic E-state index is -0.877. The Balaban J connectivity index is 2.24. The van der Waals surface area contributed by atoms with Crippen molar-refractivity contribution in [3.63, 3.8) is 0 Å². The molecule has 1 aromatic heterocycles. The first-order valence-corrected chi connectivity index (χ1v) is 6.65. The van der Waals surface area contributed by atoms with Gasteiger partial charge in [0.05, 0.1) is 26.7 Å². The third-order valence-electron chi connectivity index (χ3n) is 3.35. The van der Waals surface area contributed by atoms with Crippen LogP contribution in [0.2, 0.25) is 0 Å². The second-order valence-corrected chi connectivity index (χ2v) is 4.79. The number of methoxy groups -OCH3 is 1. The van der Waals surface area contributed by atoms with E-state index >= 15 is 0 Å². The molecule has 2 rings (SSSR count). The standard InChI is InChI=1S/C15H19NO5/c1-9-12(6-15(19)21-11(7-17)8-18)13-5-10(20-2)3-4-14(13)16-9/h3-5,11,16-18H,6-8H2,1-2H3. The maximum Gasteiger partial charge on any atom is 0.310 e. The average Bonchev–Trinajstić information content (AvgIpc) is 2.80. The molecule has 0 saturated heterocycles. The van der Waals surface area contributed by atoms with Crippen LogP contribution in [-0.4, -0.2) is 47.6 Å². The Morgan fingerprint density at radius 2 is 2.05 bits per heavy atom. The lowest BCUT2D eigenvalue weighted by Crippen LogP contribution is -2.26. The van der Waals surface area contributed by atoms with Crippen molar-refractivity contribution in [2.75, 3.05) is 20.3 Å². The van der Waals surface area contributed by atoms with Gasteiger partial charge < -0.3 is 24.7 Å². The van der Waals surface area contributed by atoms with Crippen molar-refractivity contribution in [1.82, 2.24) is 4.98 Å². The molecule has 1 heterocycles. The summed E-state index contributed by atoms with van der Waals surface area (Å²) in [5.74, 6) is 0.217. The Bertz CT molecular complexity index is 630. The fourth-order valence-corrected chi connectivity index (χ4v) is 2.22.